The largest absolute Gasteiger partial charge is 0.336 e. The summed E-state index contributed by atoms with van der Waals surface area (Å²) in [6, 6.07) is 15.8. The number of amides is 1. The minimum atomic E-state index is -3.56. The maximum atomic E-state index is 13.0. The van der Waals surface area contributed by atoms with Gasteiger partial charge >= 0.3 is 0 Å². The lowest BCUT2D eigenvalue weighted by molar-refractivity contribution is 0.0700. The molecule has 0 N–H and O–H groups in total. The van der Waals surface area contributed by atoms with Crippen molar-refractivity contribution in [1.29, 1.82) is 0 Å². The molecule has 1 aliphatic heterocycles. The van der Waals surface area contributed by atoms with Crippen LogP contribution in [0.5, 0.6) is 0 Å². The average Bonchev–Trinajstić information content (AvgIpc) is 2.73. The van der Waals surface area contributed by atoms with Gasteiger partial charge < -0.3 is 4.90 Å². The first-order valence-corrected chi connectivity index (χ1v) is 11.1. The first-order valence-electron chi connectivity index (χ1n) is 8.85. The second-order valence-corrected chi connectivity index (χ2v) is 9.38. The number of aromatic nitrogens is 1. The second-order valence-electron chi connectivity index (χ2n) is 6.53. The van der Waals surface area contributed by atoms with Crippen molar-refractivity contribution < 1.29 is 13.2 Å². The number of hydrogen-bond acceptors (Lipinski definition) is 4. The van der Waals surface area contributed by atoms with Gasteiger partial charge in [-0.3, -0.25) is 9.78 Å². The zero-order valence-corrected chi connectivity index (χ0v) is 17.4. The molecule has 0 radical (unpaired) electrons. The topological polar surface area (TPSA) is 70.6 Å². The molecule has 6 nitrogen and oxygen atoms in total. The molecule has 3 aromatic rings. The molecule has 0 unspecified atom stereocenters. The molecule has 0 spiro atoms. The number of piperazine rings is 1. The van der Waals surface area contributed by atoms with Crippen LogP contribution in [0.3, 0.4) is 0 Å². The van der Waals surface area contributed by atoms with Crippen molar-refractivity contribution in [2.45, 2.75) is 4.90 Å². The number of fused-ring (bicyclic) bond motifs is 1. The van der Waals surface area contributed by atoms with E-state index in [2.05, 4.69) is 20.9 Å². The quantitative estimate of drug-likeness (QED) is 0.602. The lowest BCUT2D eigenvalue weighted by atomic mass is 10.1. The fourth-order valence-electron chi connectivity index (χ4n) is 3.34. The van der Waals surface area contributed by atoms with Gasteiger partial charge in [0, 0.05) is 42.2 Å². The van der Waals surface area contributed by atoms with E-state index in [9.17, 15) is 13.2 Å². The molecule has 2 heterocycles. The highest BCUT2D eigenvalue weighted by atomic mass is 79.9. The predicted molar refractivity (Wildman–Crippen MR) is 111 cm³/mol. The highest BCUT2D eigenvalue weighted by Crippen LogP contribution is 2.22. The van der Waals surface area contributed by atoms with Gasteiger partial charge in [-0.1, -0.05) is 34.1 Å². The van der Waals surface area contributed by atoms with Crippen molar-refractivity contribution in [3.05, 3.63) is 70.8 Å². The maximum absolute atomic E-state index is 13.0. The van der Waals surface area contributed by atoms with Crippen LogP contribution in [-0.2, 0) is 10.0 Å². The van der Waals surface area contributed by atoms with Gasteiger partial charge in [-0.05, 0) is 36.4 Å². The number of benzene rings is 2. The van der Waals surface area contributed by atoms with Gasteiger partial charge in [0.05, 0.1) is 16.0 Å². The molecule has 28 heavy (non-hydrogen) atoms. The molecule has 1 aliphatic rings. The van der Waals surface area contributed by atoms with Crippen LogP contribution in [0.1, 0.15) is 10.4 Å². The van der Waals surface area contributed by atoms with E-state index in [1.54, 1.807) is 41.4 Å². The van der Waals surface area contributed by atoms with Gasteiger partial charge in [-0.2, -0.15) is 4.31 Å². The van der Waals surface area contributed by atoms with E-state index in [0.717, 1.165) is 15.4 Å². The predicted octanol–water partition coefficient (Wildman–Crippen LogP) is 3.14. The van der Waals surface area contributed by atoms with Crippen molar-refractivity contribution in [2.75, 3.05) is 26.2 Å². The Kier molecular flexibility index (Phi) is 5.18. The first-order chi connectivity index (χ1) is 13.5. The summed E-state index contributed by atoms with van der Waals surface area (Å²) in [5.74, 6) is -0.0979. The summed E-state index contributed by atoms with van der Waals surface area (Å²) in [5, 5.41) is 0.805. The minimum absolute atomic E-state index is 0.0979. The number of sulfonamides is 1. The van der Waals surface area contributed by atoms with E-state index in [4.69, 9.17) is 0 Å². The number of para-hydroxylation sites is 1. The molecule has 144 valence electrons. The molecule has 8 heteroatoms. The van der Waals surface area contributed by atoms with Crippen LogP contribution in [0.15, 0.2) is 70.2 Å². The summed E-state index contributed by atoms with van der Waals surface area (Å²) in [6.45, 7) is 1.25. The molecule has 2 aromatic carbocycles. The molecular formula is C20H18BrN3O3S. The van der Waals surface area contributed by atoms with Crippen LogP contribution in [0.4, 0.5) is 0 Å². The van der Waals surface area contributed by atoms with Gasteiger partial charge in [0.15, 0.2) is 0 Å². The summed E-state index contributed by atoms with van der Waals surface area (Å²) < 4.78 is 27.9. The van der Waals surface area contributed by atoms with Crippen LogP contribution >= 0.6 is 15.9 Å². The Morgan fingerprint density at radius 3 is 2.32 bits per heavy atom. The van der Waals surface area contributed by atoms with Gasteiger partial charge in [-0.15, -0.1) is 0 Å². The molecule has 1 fully saturated rings. The molecule has 0 atom stereocenters. The molecule has 0 bridgehead atoms. The second kappa shape index (κ2) is 7.62. The fraction of sp³-hybridized carbons (Fsp3) is 0.200. The van der Waals surface area contributed by atoms with Crippen LogP contribution in [-0.4, -0.2) is 54.7 Å². The summed E-state index contributed by atoms with van der Waals surface area (Å²) >= 11 is 3.31. The number of pyridine rings is 1. The summed E-state index contributed by atoms with van der Waals surface area (Å²) in [4.78, 5) is 19.3. The Labute approximate surface area is 172 Å². The molecule has 4 rings (SSSR count). The van der Waals surface area contributed by atoms with Crippen LogP contribution < -0.4 is 0 Å². The van der Waals surface area contributed by atoms with E-state index in [0.29, 0.717) is 18.7 Å². The lowest BCUT2D eigenvalue weighted by Gasteiger charge is -2.34. The Hall–Kier alpha value is -2.29. The molecular weight excluding hydrogens is 442 g/mol. The van der Waals surface area contributed by atoms with Gasteiger partial charge in [0.1, 0.15) is 0 Å². The van der Waals surface area contributed by atoms with Gasteiger partial charge in [0.2, 0.25) is 10.0 Å². The zero-order chi connectivity index (χ0) is 19.7. The van der Waals surface area contributed by atoms with E-state index in [1.807, 2.05) is 24.3 Å². The number of rotatable bonds is 3. The summed E-state index contributed by atoms with van der Waals surface area (Å²) in [5.41, 5.74) is 1.36. The van der Waals surface area contributed by atoms with Gasteiger partial charge in [0.25, 0.3) is 5.91 Å². The van der Waals surface area contributed by atoms with Gasteiger partial charge in [-0.25, -0.2) is 8.42 Å². The first kappa shape index (κ1) is 19.0. The maximum Gasteiger partial charge on any atom is 0.254 e. The number of carbonyl (C=O) groups excluding carboxylic acids is 1. The highest BCUT2D eigenvalue weighted by molar-refractivity contribution is 9.10. The van der Waals surface area contributed by atoms with Crippen LogP contribution in [0.2, 0.25) is 0 Å². The Morgan fingerprint density at radius 2 is 1.61 bits per heavy atom. The molecule has 0 aliphatic carbocycles. The van der Waals surface area contributed by atoms with Crippen molar-refractivity contribution in [2.24, 2.45) is 0 Å². The molecule has 1 amide bonds. The SMILES string of the molecule is O=C(c1ccnc2ccccc12)N1CCN(S(=O)(=O)c2ccc(Br)cc2)CC1. The van der Waals surface area contributed by atoms with Crippen molar-refractivity contribution in [3.8, 4) is 0 Å². The van der Waals surface area contributed by atoms with E-state index >= 15 is 0 Å². The Morgan fingerprint density at radius 1 is 0.929 bits per heavy atom. The van der Waals surface area contributed by atoms with E-state index < -0.39 is 10.0 Å². The molecule has 0 saturated carbocycles. The average molecular weight is 460 g/mol. The minimum Gasteiger partial charge on any atom is -0.336 e. The number of nitrogens with zero attached hydrogens (tertiary/aromatic N) is 3. The molecule has 1 saturated heterocycles. The van der Waals surface area contributed by atoms with Crippen molar-refractivity contribution in [1.82, 2.24) is 14.2 Å². The van der Waals surface area contributed by atoms with Crippen molar-refractivity contribution >= 4 is 42.8 Å². The van der Waals surface area contributed by atoms with E-state index in [-0.39, 0.29) is 23.9 Å². The molecule has 1 aromatic heterocycles. The fourth-order valence-corrected chi connectivity index (χ4v) is 5.03. The van der Waals surface area contributed by atoms with E-state index in [1.165, 1.54) is 4.31 Å². The number of halogens is 1. The van der Waals surface area contributed by atoms with Crippen molar-refractivity contribution in [3.63, 3.8) is 0 Å². The third-order valence-corrected chi connectivity index (χ3v) is 7.30. The standard InChI is InChI=1S/C20H18BrN3O3S/c21-15-5-7-16(8-6-15)28(26,27)24-13-11-23(12-14-24)20(25)18-9-10-22-19-4-2-1-3-17(18)19/h1-10H,11-14H2. The Balaban J connectivity index is 1.51. The zero-order valence-electron chi connectivity index (χ0n) is 15.0. The third kappa shape index (κ3) is 3.55. The number of hydrogen-bond donors (Lipinski definition) is 0. The smallest absolute Gasteiger partial charge is 0.254 e. The number of carbonyl (C=O) groups is 1. The monoisotopic (exact) mass is 459 g/mol. The Bertz CT molecular complexity index is 1120. The third-order valence-electron chi connectivity index (χ3n) is 4.86. The summed E-state index contributed by atoms with van der Waals surface area (Å²) in [6.07, 6.45) is 1.63. The summed E-state index contributed by atoms with van der Waals surface area (Å²) in [7, 11) is -3.56. The lowest BCUT2D eigenvalue weighted by Crippen LogP contribution is -2.50. The van der Waals surface area contributed by atoms with Crippen LogP contribution in [0, 0.1) is 0 Å². The normalized spacial score (nSPS) is 15.7. The highest BCUT2D eigenvalue weighted by Gasteiger charge is 2.30. The van der Waals surface area contributed by atoms with Crippen LogP contribution in [0.25, 0.3) is 10.9 Å².